The predicted molar refractivity (Wildman–Crippen MR) is 99.8 cm³/mol. The molecule has 8 heteroatoms. The Hall–Kier alpha value is -3.42. The maximum Gasteiger partial charge on any atom is 0.272 e. The maximum atomic E-state index is 12.2. The Morgan fingerprint density at radius 2 is 1.85 bits per heavy atom. The number of hydrogen-bond donors (Lipinski definition) is 2. The number of hydrogen-bond acceptors (Lipinski definition) is 7. The molecule has 27 heavy (non-hydrogen) atoms. The standard InChI is InChI=1S/C19H19N7O/c27-18(17-2-1-8-22-26-17)23-14-3-4-15(12-14)24-19-21-11-7-16(25-19)13-5-9-20-10-6-13/h1-2,5-11,14-15H,3-4,12H2,(H,23,27)(H,21,24,25)/t14-,15-/m0/s1. The molecule has 2 N–H and O–H groups in total. The highest BCUT2D eigenvalue weighted by Crippen LogP contribution is 2.23. The summed E-state index contributed by atoms with van der Waals surface area (Å²) in [5.74, 6) is 0.403. The van der Waals surface area contributed by atoms with Crippen molar-refractivity contribution < 1.29 is 4.79 Å². The van der Waals surface area contributed by atoms with E-state index in [4.69, 9.17) is 0 Å². The topological polar surface area (TPSA) is 106 Å². The Labute approximate surface area is 156 Å². The Morgan fingerprint density at radius 3 is 2.67 bits per heavy atom. The van der Waals surface area contributed by atoms with Gasteiger partial charge in [-0.2, -0.15) is 5.10 Å². The molecule has 1 saturated carbocycles. The minimum absolute atomic E-state index is 0.0976. The summed E-state index contributed by atoms with van der Waals surface area (Å²) < 4.78 is 0. The second-order valence-electron chi connectivity index (χ2n) is 6.43. The molecule has 136 valence electrons. The molecule has 0 spiro atoms. The highest BCUT2D eigenvalue weighted by Gasteiger charge is 2.27. The largest absolute Gasteiger partial charge is 0.351 e. The number of rotatable bonds is 5. The van der Waals surface area contributed by atoms with E-state index in [1.165, 1.54) is 0 Å². The van der Waals surface area contributed by atoms with Gasteiger partial charge in [-0.1, -0.05) is 0 Å². The van der Waals surface area contributed by atoms with Crippen LogP contribution < -0.4 is 10.6 Å². The van der Waals surface area contributed by atoms with Gasteiger partial charge in [0.1, 0.15) is 0 Å². The van der Waals surface area contributed by atoms with Gasteiger partial charge in [0.05, 0.1) is 5.69 Å². The van der Waals surface area contributed by atoms with Gasteiger partial charge in [0.15, 0.2) is 5.69 Å². The third-order valence-corrected chi connectivity index (χ3v) is 4.54. The van der Waals surface area contributed by atoms with Gasteiger partial charge in [-0.05, 0) is 49.6 Å². The minimum Gasteiger partial charge on any atom is -0.351 e. The maximum absolute atomic E-state index is 12.2. The third kappa shape index (κ3) is 4.22. The van der Waals surface area contributed by atoms with Crippen molar-refractivity contribution in [3.05, 3.63) is 60.8 Å². The molecule has 0 radical (unpaired) electrons. The zero-order valence-corrected chi connectivity index (χ0v) is 14.6. The number of carbonyl (C=O) groups excluding carboxylic acids is 1. The normalized spacial score (nSPS) is 18.8. The van der Waals surface area contributed by atoms with Crippen molar-refractivity contribution in [2.75, 3.05) is 5.32 Å². The fourth-order valence-corrected chi connectivity index (χ4v) is 3.22. The number of nitrogens with one attached hydrogen (secondary N) is 2. The second kappa shape index (κ2) is 7.86. The van der Waals surface area contributed by atoms with Crippen LogP contribution in [0.25, 0.3) is 11.3 Å². The van der Waals surface area contributed by atoms with Gasteiger partial charge in [0.25, 0.3) is 5.91 Å². The van der Waals surface area contributed by atoms with Crippen molar-refractivity contribution in [3.63, 3.8) is 0 Å². The number of anilines is 1. The van der Waals surface area contributed by atoms with Crippen LogP contribution in [0.3, 0.4) is 0 Å². The van der Waals surface area contributed by atoms with Crippen molar-refractivity contribution in [1.82, 2.24) is 30.5 Å². The number of pyridine rings is 1. The lowest BCUT2D eigenvalue weighted by molar-refractivity contribution is 0.0931. The number of nitrogens with zero attached hydrogens (tertiary/aromatic N) is 5. The van der Waals surface area contributed by atoms with Gasteiger partial charge in [-0.3, -0.25) is 9.78 Å². The van der Waals surface area contributed by atoms with Crippen molar-refractivity contribution in [2.45, 2.75) is 31.3 Å². The third-order valence-electron chi connectivity index (χ3n) is 4.54. The summed E-state index contributed by atoms with van der Waals surface area (Å²) in [6.07, 6.45) is 9.42. The van der Waals surface area contributed by atoms with Crippen LogP contribution in [0.5, 0.6) is 0 Å². The lowest BCUT2D eigenvalue weighted by Crippen LogP contribution is -2.34. The number of aromatic nitrogens is 5. The molecule has 3 aromatic heterocycles. The zero-order valence-electron chi connectivity index (χ0n) is 14.6. The molecular weight excluding hydrogens is 342 g/mol. The molecule has 1 aliphatic carbocycles. The molecule has 8 nitrogen and oxygen atoms in total. The monoisotopic (exact) mass is 361 g/mol. The van der Waals surface area contributed by atoms with Gasteiger partial charge < -0.3 is 10.6 Å². The molecule has 4 rings (SSSR count). The number of amides is 1. The first-order valence-corrected chi connectivity index (χ1v) is 8.86. The Balaban J connectivity index is 1.36. The average Bonchev–Trinajstić information content (AvgIpc) is 3.16. The minimum atomic E-state index is -0.190. The van der Waals surface area contributed by atoms with E-state index in [-0.39, 0.29) is 18.0 Å². The smallest absolute Gasteiger partial charge is 0.272 e. The molecule has 0 aliphatic heterocycles. The molecule has 1 fully saturated rings. The van der Waals surface area contributed by atoms with Crippen LogP contribution in [0.4, 0.5) is 5.95 Å². The van der Waals surface area contributed by atoms with E-state index in [0.717, 1.165) is 30.5 Å². The fraction of sp³-hybridized carbons (Fsp3) is 0.263. The molecule has 1 aliphatic rings. The second-order valence-corrected chi connectivity index (χ2v) is 6.43. The van der Waals surface area contributed by atoms with Gasteiger partial charge in [-0.15, -0.1) is 5.10 Å². The van der Waals surface area contributed by atoms with Crippen LogP contribution in [0.1, 0.15) is 29.8 Å². The SMILES string of the molecule is O=C(N[C@H]1CC[C@H](Nc2nccc(-c3ccncc3)n2)C1)c1cccnn1. The highest BCUT2D eigenvalue weighted by molar-refractivity contribution is 5.92. The first-order valence-electron chi connectivity index (χ1n) is 8.86. The summed E-state index contributed by atoms with van der Waals surface area (Å²) in [5.41, 5.74) is 2.18. The van der Waals surface area contributed by atoms with E-state index in [1.54, 1.807) is 36.9 Å². The molecule has 3 aromatic rings. The van der Waals surface area contributed by atoms with Crippen molar-refractivity contribution >= 4 is 11.9 Å². The van der Waals surface area contributed by atoms with Crippen molar-refractivity contribution in [2.24, 2.45) is 0 Å². The van der Waals surface area contributed by atoms with Crippen LogP contribution in [0.15, 0.2) is 55.1 Å². The van der Waals surface area contributed by atoms with E-state index in [1.807, 2.05) is 18.2 Å². The van der Waals surface area contributed by atoms with E-state index < -0.39 is 0 Å². The average molecular weight is 361 g/mol. The molecule has 3 heterocycles. The van der Waals surface area contributed by atoms with Gasteiger partial charge >= 0.3 is 0 Å². The summed E-state index contributed by atoms with van der Waals surface area (Å²) in [7, 11) is 0. The van der Waals surface area contributed by atoms with Gasteiger partial charge in [0.2, 0.25) is 5.95 Å². The molecule has 0 aromatic carbocycles. The zero-order chi connectivity index (χ0) is 18.5. The quantitative estimate of drug-likeness (QED) is 0.717. The van der Waals surface area contributed by atoms with Crippen molar-refractivity contribution in [3.8, 4) is 11.3 Å². The molecular formula is C19H19N7O. The van der Waals surface area contributed by atoms with Crippen LogP contribution in [0.2, 0.25) is 0 Å². The lowest BCUT2D eigenvalue weighted by Gasteiger charge is -2.14. The van der Waals surface area contributed by atoms with Crippen LogP contribution in [-0.4, -0.2) is 43.1 Å². The molecule has 0 bridgehead atoms. The van der Waals surface area contributed by atoms with E-state index in [9.17, 15) is 4.79 Å². The van der Waals surface area contributed by atoms with Gasteiger partial charge in [-0.25, -0.2) is 9.97 Å². The Kier molecular flexibility index (Phi) is 4.95. The van der Waals surface area contributed by atoms with Crippen LogP contribution in [-0.2, 0) is 0 Å². The fourth-order valence-electron chi connectivity index (χ4n) is 3.22. The molecule has 1 amide bonds. The van der Waals surface area contributed by atoms with Gasteiger partial charge in [0, 0.05) is 42.4 Å². The summed E-state index contributed by atoms with van der Waals surface area (Å²) in [4.78, 5) is 25.1. The molecule has 0 unspecified atom stereocenters. The van der Waals surface area contributed by atoms with Crippen molar-refractivity contribution in [1.29, 1.82) is 0 Å². The Bertz CT molecular complexity index is 904. The Morgan fingerprint density at radius 1 is 1.00 bits per heavy atom. The summed E-state index contributed by atoms with van der Waals surface area (Å²) >= 11 is 0. The van der Waals surface area contributed by atoms with Crippen LogP contribution in [0, 0.1) is 0 Å². The van der Waals surface area contributed by atoms with E-state index >= 15 is 0 Å². The molecule has 2 atom stereocenters. The summed E-state index contributed by atoms with van der Waals surface area (Å²) in [6.45, 7) is 0. The summed E-state index contributed by atoms with van der Waals surface area (Å²) in [6, 6.07) is 9.38. The lowest BCUT2D eigenvalue weighted by atomic mass is 10.2. The van der Waals surface area contributed by atoms with E-state index in [0.29, 0.717) is 11.6 Å². The molecule has 0 saturated heterocycles. The highest BCUT2D eigenvalue weighted by atomic mass is 16.2. The predicted octanol–water partition coefficient (Wildman–Crippen LogP) is 2.09. The number of carbonyl (C=O) groups is 1. The first-order chi connectivity index (χ1) is 13.3. The summed E-state index contributed by atoms with van der Waals surface area (Å²) in [5, 5.41) is 14.0. The van der Waals surface area contributed by atoms with E-state index in [2.05, 4.69) is 35.8 Å². The van der Waals surface area contributed by atoms with Crippen LogP contribution >= 0.6 is 0 Å². The first kappa shape index (κ1) is 17.0.